The molecule has 1 aromatic rings. The van der Waals surface area contributed by atoms with Gasteiger partial charge in [0.15, 0.2) is 0 Å². The molecule has 0 aliphatic heterocycles. The Kier molecular flexibility index (Phi) is 20.1. The molecule has 1 rings (SSSR count). The molecule has 0 radical (unpaired) electrons. The summed E-state index contributed by atoms with van der Waals surface area (Å²) >= 11 is 0. The van der Waals surface area contributed by atoms with Crippen LogP contribution in [0.4, 0.5) is 0 Å². The molecule has 0 atom stereocenters. The fourth-order valence-electron chi connectivity index (χ4n) is 2.19. The molecule has 2 N–H and O–H groups in total. The van der Waals surface area contributed by atoms with Crippen molar-refractivity contribution >= 4 is 47.9 Å². The first-order valence-electron chi connectivity index (χ1n) is 8.65. The zero-order valence-electron chi connectivity index (χ0n) is 14.3. The summed E-state index contributed by atoms with van der Waals surface area (Å²) in [5.41, 5.74) is 0. The van der Waals surface area contributed by atoms with Crippen LogP contribution in [0.15, 0.2) is 35.2 Å². The van der Waals surface area contributed by atoms with Crippen LogP contribution in [0.5, 0.6) is 0 Å². The Bertz CT molecular complexity index is 453. The summed E-state index contributed by atoms with van der Waals surface area (Å²) in [4.78, 5) is -0.0741. The first-order chi connectivity index (χ1) is 11.0. The molecule has 0 aliphatic rings. The van der Waals surface area contributed by atoms with E-state index in [4.69, 9.17) is 9.66 Å². The van der Waals surface area contributed by atoms with Crippen LogP contribution in [0.1, 0.15) is 71.1 Å². The number of aliphatic hydroxyl groups excluding tert-OH is 1. The van der Waals surface area contributed by atoms with Crippen LogP contribution in [-0.2, 0) is 10.1 Å². The van der Waals surface area contributed by atoms with Gasteiger partial charge in [-0.15, -0.1) is 0 Å². The molecular formula is C18H34CaO4S. The molecule has 6 heteroatoms. The Morgan fingerprint density at radius 1 is 0.792 bits per heavy atom. The van der Waals surface area contributed by atoms with E-state index in [0.717, 1.165) is 6.42 Å². The standard InChI is InChI=1S/C12H26O.C6H6O3S.Ca.2H/c1-2-3-4-5-6-7-8-9-10-11-12-13;7-10(8,9)6-4-2-1-3-5-6;;;/h13H,2-12H2,1H3;1-5H,(H,7,8,9);;;. The third kappa shape index (κ3) is 17.2. The van der Waals surface area contributed by atoms with Gasteiger partial charge in [-0.2, -0.15) is 8.42 Å². The van der Waals surface area contributed by atoms with Crippen molar-refractivity contribution in [3.8, 4) is 0 Å². The third-order valence-electron chi connectivity index (χ3n) is 3.55. The van der Waals surface area contributed by atoms with Crippen LogP contribution < -0.4 is 0 Å². The Hall–Kier alpha value is 0.350. The molecule has 24 heavy (non-hydrogen) atoms. The third-order valence-corrected chi connectivity index (χ3v) is 4.42. The average molecular weight is 387 g/mol. The minimum atomic E-state index is -4.00. The summed E-state index contributed by atoms with van der Waals surface area (Å²) in [6, 6.07) is 7.42. The summed E-state index contributed by atoms with van der Waals surface area (Å²) in [7, 11) is -4.00. The van der Waals surface area contributed by atoms with E-state index >= 15 is 0 Å². The molecule has 0 bridgehead atoms. The summed E-state index contributed by atoms with van der Waals surface area (Å²) < 4.78 is 29.2. The molecule has 0 amide bonds. The maximum atomic E-state index is 10.4. The van der Waals surface area contributed by atoms with Crippen molar-refractivity contribution in [3.63, 3.8) is 0 Å². The van der Waals surface area contributed by atoms with Crippen molar-refractivity contribution in [2.24, 2.45) is 0 Å². The second-order valence-electron chi connectivity index (χ2n) is 5.69. The van der Waals surface area contributed by atoms with Crippen LogP contribution in [0, 0.1) is 0 Å². The van der Waals surface area contributed by atoms with Gasteiger partial charge in [0, 0.05) is 6.61 Å². The molecule has 0 spiro atoms. The Balaban J connectivity index is 0. The number of hydrogen-bond acceptors (Lipinski definition) is 3. The second kappa shape index (κ2) is 18.2. The molecule has 0 saturated heterocycles. The number of unbranched alkanes of at least 4 members (excludes halogenated alkanes) is 9. The molecule has 0 fully saturated rings. The van der Waals surface area contributed by atoms with Crippen LogP contribution in [0.3, 0.4) is 0 Å². The molecule has 1 aromatic carbocycles. The Labute approximate surface area is 177 Å². The molecule has 0 aliphatic carbocycles. The first kappa shape index (κ1) is 26.6. The Morgan fingerprint density at radius 3 is 1.54 bits per heavy atom. The summed E-state index contributed by atoms with van der Waals surface area (Å²) in [6.45, 7) is 2.63. The van der Waals surface area contributed by atoms with Crippen LogP contribution in [-0.4, -0.2) is 62.4 Å². The van der Waals surface area contributed by atoms with Gasteiger partial charge in [0.25, 0.3) is 10.1 Å². The van der Waals surface area contributed by atoms with Crippen molar-refractivity contribution in [1.82, 2.24) is 0 Å². The fraction of sp³-hybridized carbons (Fsp3) is 0.667. The van der Waals surface area contributed by atoms with E-state index in [1.165, 1.54) is 69.9 Å². The predicted octanol–water partition coefficient (Wildman–Crippen LogP) is 3.92. The average Bonchev–Trinajstić information content (AvgIpc) is 2.54. The van der Waals surface area contributed by atoms with E-state index in [-0.39, 0.29) is 42.6 Å². The van der Waals surface area contributed by atoms with Crippen molar-refractivity contribution < 1.29 is 18.1 Å². The number of benzene rings is 1. The molecule has 0 saturated carbocycles. The number of hydrogen-bond donors (Lipinski definition) is 2. The van der Waals surface area contributed by atoms with Crippen molar-refractivity contribution in [3.05, 3.63) is 30.3 Å². The zero-order valence-corrected chi connectivity index (χ0v) is 15.1. The normalized spacial score (nSPS) is 10.5. The SMILES string of the molecule is CCCCCCCCCCCCO.O=S(=O)(O)c1ccccc1.[CaH2]. The molecule has 0 aromatic heterocycles. The topological polar surface area (TPSA) is 74.6 Å². The monoisotopic (exact) mass is 386 g/mol. The van der Waals surface area contributed by atoms with Crippen LogP contribution >= 0.6 is 0 Å². The van der Waals surface area contributed by atoms with Crippen molar-refractivity contribution in [1.29, 1.82) is 0 Å². The molecular weight excluding hydrogens is 352 g/mol. The summed E-state index contributed by atoms with van der Waals surface area (Å²) in [6.07, 6.45) is 13.3. The van der Waals surface area contributed by atoms with Crippen LogP contribution in [0.2, 0.25) is 0 Å². The van der Waals surface area contributed by atoms with Crippen LogP contribution in [0.25, 0.3) is 0 Å². The minimum absolute atomic E-state index is 0. The van der Waals surface area contributed by atoms with E-state index in [2.05, 4.69) is 6.92 Å². The number of aliphatic hydroxyl groups is 1. The van der Waals surface area contributed by atoms with Gasteiger partial charge in [-0.25, -0.2) is 0 Å². The van der Waals surface area contributed by atoms with Gasteiger partial charge in [-0.1, -0.05) is 82.9 Å². The Morgan fingerprint density at radius 2 is 1.21 bits per heavy atom. The molecule has 4 nitrogen and oxygen atoms in total. The number of rotatable bonds is 11. The quantitative estimate of drug-likeness (QED) is 0.343. The van der Waals surface area contributed by atoms with Gasteiger partial charge in [0.05, 0.1) is 4.90 Å². The second-order valence-corrected chi connectivity index (χ2v) is 7.12. The molecule has 138 valence electrons. The summed E-state index contributed by atoms with van der Waals surface area (Å²) in [5.74, 6) is 0. The van der Waals surface area contributed by atoms with Gasteiger partial charge in [0.1, 0.15) is 0 Å². The molecule has 0 heterocycles. The van der Waals surface area contributed by atoms with E-state index < -0.39 is 10.1 Å². The van der Waals surface area contributed by atoms with E-state index in [1.807, 2.05) is 0 Å². The van der Waals surface area contributed by atoms with Gasteiger partial charge < -0.3 is 5.11 Å². The molecule has 0 unspecified atom stereocenters. The van der Waals surface area contributed by atoms with E-state index in [0.29, 0.717) is 6.61 Å². The van der Waals surface area contributed by atoms with Crippen molar-refractivity contribution in [2.45, 2.75) is 76.0 Å². The fourth-order valence-corrected chi connectivity index (χ4v) is 2.69. The maximum absolute atomic E-state index is 10.4. The predicted molar refractivity (Wildman–Crippen MR) is 104 cm³/mol. The van der Waals surface area contributed by atoms with E-state index in [1.54, 1.807) is 18.2 Å². The van der Waals surface area contributed by atoms with Gasteiger partial charge in [-0.05, 0) is 18.6 Å². The van der Waals surface area contributed by atoms with Gasteiger partial charge in [-0.3, -0.25) is 4.55 Å². The van der Waals surface area contributed by atoms with Gasteiger partial charge >= 0.3 is 37.7 Å². The summed E-state index contributed by atoms with van der Waals surface area (Å²) in [5, 5.41) is 8.57. The van der Waals surface area contributed by atoms with Gasteiger partial charge in [0.2, 0.25) is 0 Å². The first-order valence-corrected chi connectivity index (χ1v) is 10.1. The zero-order chi connectivity index (χ0) is 17.4. The van der Waals surface area contributed by atoms with E-state index in [9.17, 15) is 8.42 Å². The van der Waals surface area contributed by atoms with Crippen molar-refractivity contribution in [2.75, 3.05) is 6.61 Å².